The zero-order chi connectivity index (χ0) is 25.4. The number of carbonyl (C=O) groups excluding carboxylic acids is 2. The number of fused-ring (bicyclic) bond motifs is 1. The number of ether oxygens (including phenoxy) is 2. The number of anilines is 2. The Hall–Kier alpha value is -4.26. The summed E-state index contributed by atoms with van der Waals surface area (Å²) in [7, 11) is 0. The summed E-state index contributed by atoms with van der Waals surface area (Å²) in [5.41, 5.74) is 3.77. The summed E-state index contributed by atoms with van der Waals surface area (Å²) < 4.78 is 10.8. The molecule has 1 fully saturated rings. The Morgan fingerprint density at radius 3 is 2.39 bits per heavy atom. The lowest BCUT2D eigenvalue weighted by molar-refractivity contribution is -0.132. The number of ketones is 1. The smallest absolute Gasteiger partial charge is 0.300 e. The number of amides is 1. The molecule has 3 aromatic carbocycles. The molecular weight excluding hydrogens is 456 g/mol. The van der Waals surface area contributed by atoms with E-state index in [2.05, 4.69) is 18.7 Å². The molecule has 3 aromatic rings. The summed E-state index contributed by atoms with van der Waals surface area (Å²) in [4.78, 5) is 30.5. The molecule has 1 amide bonds. The first-order chi connectivity index (χ1) is 17.4. The SMILES string of the molecule is CCN(CC)c1ccc(N2C(=O)C(=O)/C(=C(\O)c3ccc4c(c3)OCO4)C2c2cccc(C)c2)cc1. The lowest BCUT2D eigenvalue weighted by atomic mass is 9.94. The zero-order valence-electron chi connectivity index (χ0n) is 20.5. The minimum atomic E-state index is -0.783. The fraction of sp³-hybridized carbons (Fsp3) is 0.241. The van der Waals surface area contributed by atoms with E-state index in [4.69, 9.17) is 9.47 Å². The molecule has 1 saturated heterocycles. The molecule has 0 aromatic heterocycles. The highest BCUT2D eigenvalue weighted by atomic mass is 16.7. The van der Waals surface area contributed by atoms with Gasteiger partial charge >= 0.3 is 0 Å². The third-order valence-corrected chi connectivity index (χ3v) is 6.70. The van der Waals surface area contributed by atoms with Crippen molar-refractivity contribution < 1.29 is 24.2 Å². The number of carbonyl (C=O) groups is 2. The van der Waals surface area contributed by atoms with E-state index in [0.717, 1.165) is 29.9 Å². The first kappa shape index (κ1) is 23.5. The van der Waals surface area contributed by atoms with E-state index in [9.17, 15) is 14.7 Å². The molecule has 2 aliphatic rings. The van der Waals surface area contributed by atoms with E-state index in [-0.39, 0.29) is 18.1 Å². The van der Waals surface area contributed by atoms with Crippen LogP contribution in [0, 0.1) is 6.92 Å². The van der Waals surface area contributed by atoms with Crippen molar-refractivity contribution in [3.8, 4) is 11.5 Å². The van der Waals surface area contributed by atoms with Gasteiger partial charge in [-0.15, -0.1) is 0 Å². The van der Waals surface area contributed by atoms with Crippen LogP contribution >= 0.6 is 0 Å². The average molecular weight is 485 g/mol. The molecule has 7 nitrogen and oxygen atoms in total. The predicted molar refractivity (Wildman–Crippen MR) is 139 cm³/mol. The molecule has 0 saturated carbocycles. The van der Waals surface area contributed by atoms with Gasteiger partial charge < -0.3 is 19.5 Å². The summed E-state index contributed by atoms with van der Waals surface area (Å²) >= 11 is 0. The van der Waals surface area contributed by atoms with Gasteiger partial charge in [-0.2, -0.15) is 0 Å². The van der Waals surface area contributed by atoms with E-state index >= 15 is 0 Å². The fourth-order valence-corrected chi connectivity index (χ4v) is 4.87. The molecular formula is C29H28N2O5. The van der Waals surface area contributed by atoms with E-state index in [1.54, 1.807) is 18.2 Å². The van der Waals surface area contributed by atoms with Gasteiger partial charge in [0.15, 0.2) is 11.5 Å². The van der Waals surface area contributed by atoms with Gasteiger partial charge in [0, 0.05) is 30.0 Å². The number of aliphatic hydroxyl groups excluding tert-OH is 1. The highest BCUT2D eigenvalue weighted by Gasteiger charge is 2.47. The highest BCUT2D eigenvalue weighted by Crippen LogP contribution is 2.43. The van der Waals surface area contributed by atoms with Crippen molar-refractivity contribution in [3.05, 3.63) is 89.0 Å². The highest BCUT2D eigenvalue weighted by molar-refractivity contribution is 6.51. The van der Waals surface area contributed by atoms with E-state index in [1.807, 2.05) is 55.5 Å². The Morgan fingerprint density at radius 2 is 1.69 bits per heavy atom. The number of benzene rings is 3. The molecule has 1 N–H and O–H groups in total. The van der Waals surface area contributed by atoms with Gasteiger partial charge in [0.2, 0.25) is 6.79 Å². The molecule has 0 spiro atoms. The van der Waals surface area contributed by atoms with Gasteiger partial charge in [-0.05, 0) is 68.8 Å². The summed E-state index contributed by atoms with van der Waals surface area (Å²) in [5.74, 6) is -0.618. The third-order valence-electron chi connectivity index (χ3n) is 6.70. The van der Waals surface area contributed by atoms with Gasteiger partial charge in [0.1, 0.15) is 5.76 Å². The van der Waals surface area contributed by atoms with Crippen LogP contribution in [0.4, 0.5) is 11.4 Å². The van der Waals surface area contributed by atoms with Gasteiger partial charge in [-0.1, -0.05) is 29.8 Å². The van der Waals surface area contributed by atoms with Crippen molar-refractivity contribution in [2.24, 2.45) is 0 Å². The Balaban J connectivity index is 1.64. The van der Waals surface area contributed by atoms with Gasteiger partial charge in [-0.3, -0.25) is 14.5 Å². The van der Waals surface area contributed by atoms with Crippen molar-refractivity contribution in [2.75, 3.05) is 29.7 Å². The fourth-order valence-electron chi connectivity index (χ4n) is 4.87. The van der Waals surface area contributed by atoms with Crippen LogP contribution in [0.1, 0.15) is 36.6 Å². The zero-order valence-corrected chi connectivity index (χ0v) is 20.5. The topological polar surface area (TPSA) is 79.3 Å². The molecule has 0 radical (unpaired) electrons. The second-order valence-electron chi connectivity index (χ2n) is 8.84. The monoisotopic (exact) mass is 484 g/mol. The summed E-state index contributed by atoms with van der Waals surface area (Å²) in [6.45, 7) is 7.94. The largest absolute Gasteiger partial charge is 0.507 e. The molecule has 0 bridgehead atoms. The van der Waals surface area contributed by atoms with Crippen LogP contribution in [0.3, 0.4) is 0 Å². The predicted octanol–water partition coefficient (Wildman–Crippen LogP) is 5.20. The second kappa shape index (κ2) is 9.41. The number of hydrogen-bond donors (Lipinski definition) is 1. The minimum Gasteiger partial charge on any atom is -0.507 e. The van der Waals surface area contributed by atoms with E-state index in [1.165, 1.54) is 4.90 Å². The number of aryl methyl sites for hydroxylation is 1. The van der Waals surface area contributed by atoms with E-state index in [0.29, 0.717) is 22.7 Å². The third kappa shape index (κ3) is 3.96. The number of Topliss-reactive ketones (excluding diaryl/α,β-unsaturated/α-hetero) is 1. The van der Waals surface area contributed by atoms with Crippen molar-refractivity contribution in [1.29, 1.82) is 0 Å². The maximum atomic E-state index is 13.4. The molecule has 184 valence electrons. The van der Waals surface area contributed by atoms with Crippen molar-refractivity contribution >= 4 is 28.8 Å². The number of hydrogen-bond acceptors (Lipinski definition) is 6. The number of aliphatic hydroxyl groups is 1. The van der Waals surface area contributed by atoms with Crippen molar-refractivity contribution in [1.82, 2.24) is 0 Å². The number of rotatable bonds is 6. The molecule has 5 rings (SSSR count). The Kier molecular flexibility index (Phi) is 6.14. The average Bonchev–Trinajstić information content (AvgIpc) is 3.47. The molecule has 36 heavy (non-hydrogen) atoms. The van der Waals surface area contributed by atoms with Crippen molar-refractivity contribution in [3.63, 3.8) is 0 Å². The number of nitrogens with zero attached hydrogens (tertiary/aromatic N) is 2. The van der Waals surface area contributed by atoms with Crippen LogP contribution in [0.15, 0.2) is 72.3 Å². The minimum absolute atomic E-state index is 0.0392. The van der Waals surface area contributed by atoms with Crippen LogP contribution < -0.4 is 19.3 Å². The van der Waals surface area contributed by atoms with Gasteiger partial charge in [-0.25, -0.2) is 0 Å². The molecule has 1 atom stereocenters. The maximum absolute atomic E-state index is 13.4. The van der Waals surface area contributed by atoms with Gasteiger partial charge in [0.25, 0.3) is 11.7 Å². The van der Waals surface area contributed by atoms with Crippen LogP contribution in [-0.2, 0) is 9.59 Å². The van der Waals surface area contributed by atoms with Crippen molar-refractivity contribution in [2.45, 2.75) is 26.8 Å². The lowest BCUT2D eigenvalue weighted by Crippen LogP contribution is -2.29. The normalized spacial score (nSPS) is 18.1. The van der Waals surface area contributed by atoms with Crippen LogP contribution in [0.2, 0.25) is 0 Å². The molecule has 1 unspecified atom stereocenters. The quantitative estimate of drug-likeness (QED) is 0.295. The second-order valence-corrected chi connectivity index (χ2v) is 8.84. The molecule has 7 heteroatoms. The Bertz CT molecular complexity index is 1360. The first-order valence-electron chi connectivity index (χ1n) is 12.1. The van der Waals surface area contributed by atoms with Crippen LogP contribution in [0.5, 0.6) is 11.5 Å². The van der Waals surface area contributed by atoms with Crippen LogP contribution in [-0.4, -0.2) is 36.7 Å². The Morgan fingerprint density at radius 1 is 0.972 bits per heavy atom. The van der Waals surface area contributed by atoms with Gasteiger partial charge in [0.05, 0.1) is 11.6 Å². The Labute approximate surface area is 210 Å². The summed E-state index contributed by atoms with van der Waals surface area (Å²) in [5, 5.41) is 11.4. The van der Waals surface area contributed by atoms with Crippen LogP contribution in [0.25, 0.3) is 5.76 Å². The molecule has 0 aliphatic carbocycles. The summed E-state index contributed by atoms with van der Waals surface area (Å²) in [6, 6.07) is 19.4. The first-order valence-corrected chi connectivity index (χ1v) is 12.1. The maximum Gasteiger partial charge on any atom is 0.300 e. The molecule has 2 heterocycles. The van der Waals surface area contributed by atoms with E-state index < -0.39 is 17.7 Å². The lowest BCUT2D eigenvalue weighted by Gasteiger charge is -2.27. The summed E-state index contributed by atoms with van der Waals surface area (Å²) in [6.07, 6.45) is 0. The standard InChI is InChI=1S/C29H28N2O5/c1-4-30(5-2)21-10-12-22(13-11-21)31-26(19-8-6-7-18(3)15-19)25(28(33)29(31)34)27(32)20-9-14-23-24(16-20)36-17-35-23/h6-16,26,32H,4-5,17H2,1-3H3/b27-25-. The molecule has 2 aliphatic heterocycles.